The van der Waals surface area contributed by atoms with Gasteiger partial charge in [0.05, 0.1) is 23.6 Å². The van der Waals surface area contributed by atoms with Crippen molar-refractivity contribution in [3.63, 3.8) is 0 Å². The number of benzene rings is 1. The molecule has 2 heterocycles. The predicted octanol–water partition coefficient (Wildman–Crippen LogP) is 2.87. The molecule has 1 fully saturated rings. The largest absolute Gasteiger partial charge is 0.458 e. The van der Waals surface area contributed by atoms with Gasteiger partial charge in [-0.25, -0.2) is 14.2 Å². The number of rotatable bonds is 2. The number of piperidine rings is 1. The Morgan fingerprint density at radius 3 is 2.68 bits per heavy atom. The third kappa shape index (κ3) is 4.18. The third-order valence-electron chi connectivity index (χ3n) is 4.50. The molecule has 1 amide bonds. The van der Waals surface area contributed by atoms with Crippen LogP contribution in [-0.2, 0) is 14.3 Å². The number of anilines is 1. The quantitative estimate of drug-likeness (QED) is 0.789. The lowest BCUT2D eigenvalue weighted by Crippen LogP contribution is -2.50. The Morgan fingerprint density at radius 2 is 2.04 bits per heavy atom. The molecule has 0 radical (unpaired) electrons. The van der Waals surface area contributed by atoms with Crippen LogP contribution in [0.1, 0.15) is 40.2 Å². The Morgan fingerprint density at radius 1 is 1.32 bits per heavy atom. The van der Waals surface area contributed by atoms with Gasteiger partial charge in [-0.1, -0.05) is 0 Å². The number of hydrogen-bond acceptors (Lipinski definition) is 6. The fraction of sp³-hybridized carbons (Fsp3) is 0.526. The first kappa shape index (κ1) is 19.9. The molecule has 3 rings (SSSR count). The fourth-order valence-electron chi connectivity index (χ4n) is 3.45. The molecule has 2 N–H and O–H groups in total. The summed E-state index contributed by atoms with van der Waals surface area (Å²) in [5.41, 5.74) is 6.53. The normalized spacial score (nSPS) is 20.2. The molecule has 1 aliphatic heterocycles. The predicted molar refractivity (Wildman–Crippen MR) is 101 cm³/mol. The molecule has 0 saturated carbocycles. The van der Waals surface area contributed by atoms with Crippen molar-refractivity contribution >= 4 is 29.0 Å². The molecule has 28 heavy (non-hydrogen) atoms. The topological polar surface area (TPSA) is 99.7 Å². The van der Waals surface area contributed by atoms with E-state index in [1.165, 1.54) is 24.0 Å². The minimum atomic E-state index is -0.665. The van der Waals surface area contributed by atoms with Crippen LogP contribution in [0.3, 0.4) is 0 Å². The zero-order valence-corrected chi connectivity index (χ0v) is 16.4. The first-order chi connectivity index (χ1) is 13.0. The molecular weight excluding hydrogens is 367 g/mol. The average Bonchev–Trinajstić information content (AvgIpc) is 2.88. The van der Waals surface area contributed by atoms with E-state index < -0.39 is 29.6 Å². The minimum absolute atomic E-state index is 0.146. The smallest absolute Gasteiger partial charge is 0.410 e. The average molecular weight is 392 g/mol. The molecule has 1 aromatic heterocycles. The number of aromatic nitrogens is 2. The van der Waals surface area contributed by atoms with E-state index in [0.29, 0.717) is 24.0 Å². The Balaban J connectivity index is 1.92. The Labute approximate surface area is 162 Å². The van der Waals surface area contributed by atoms with E-state index in [-0.39, 0.29) is 18.5 Å². The molecule has 1 saturated heterocycles. The fourth-order valence-corrected chi connectivity index (χ4v) is 3.45. The number of nitrogen functional groups attached to an aromatic ring is 1. The lowest BCUT2D eigenvalue weighted by atomic mass is 10.0. The highest BCUT2D eigenvalue weighted by Gasteiger charge is 2.37. The van der Waals surface area contributed by atoms with Gasteiger partial charge in [0, 0.05) is 13.5 Å². The van der Waals surface area contributed by atoms with E-state index in [2.05, 4.69) is 4.98 Å². The maximum absolute atomic E-state index is 13.8. The molecule has 1 aliphatic rings. The van der Waals surface area contributed by atoms with Gasteiger partial charge in [0.2, 0.25) is 5.95 Å². The number of esters is 1. The van der Waals surface area contributed by atoms with Crippen LogP contribution in [0.25, 0.3) is 11.0 Å². The van der Waals surface area contributed by atoms with E-state index in [4.69, 9.17) is 15.2 Å². The zero-order valence-electron chi connectivity index (χ0n) is 16.4. The summed E-state index contributed by atoms with van der Waals surface area (Å²) in [5, 5.41) is 0. The van der Waals surface area contributed by atoms with Gasteiger partial charge in [0.15, 0.2) is 0 Å². The molecule has 1 aromatic carbocycles. The number of fused-ring (bicyclic) bond motifs is 1. The molecule has 152 valence electrons. The molecular formula is C19H25FN4O4. The standard InChI is InChI=1S/C19H25FN4O4/c1-11(25)27-16-10-23(18(26)28-19(2,3)4)8-7-14(16)24-15-9-12(20)5-6-13(15)22-17(24)21/h5-6,9,14,16H,7-8,10H2,1-4H3,(H2,21,22)/t14-,16-/m1/s1. The maximum Gasteiger partial charge on any atom is 0.410 e. The zero-order chi connectivity index (χ0) is 20.6. The number of hydrogen-bond donors (Lipinski definition) is 1. The van der Waals surface area contributed by atoms with Crippen molar-refractivity contribution in [1.82, 2.24) is 14.5 Å². The summed E-state index contributed by atoms with van der Waals surface area (Å²) < 4.78 is 26.4. The van der Waals surface area contributed by atoms with Crippen LogP contribution < -0.4 is 5.73 Å². The lowest BCUT2D eigenvalue weighted by molar-refractivity contribution is -0.151. The molecule has 0 bridgehead atoms. The van der Waals surface area contributed by atoms with Crippen LogP contribution in [0, 0.1) is 5.82 Å². The third-order valence-corrected chi connectivity index (χ3v) is 4.50. The molecule has 2 atom stereocenters. The minimum Gasteiger partial charge on any atom is -0.458 e. The van der Waals surface area contributed by atoms with Gasteiger partial charge in [0.1, 0.15) is 17.5 Å². The first-order valence-corrected chi connectivity index (χ1v) is 9.13. The van der Waals surface area contributed by atoms with Gasteiger partial charge in [0.25, 0.3) is 0 Å². The Hall–Kier alpha value is -2.84. The van der Waals surface area contributed by atoms with Crippen molar-refractivity contribution in [2.45, 2.75) is 51.9 Å². The summed E-state index contributed by atoms with van der Waals surface area (Å²) >= 11 is 0. The van der Waals surface area contributed by atoms with E-state index in [1.807, 2.05) is 0 Å². The number of carbonyl (C=O) groups excluding carboxylic acids is 2. The second-order valence-corrected chi connectivity index (χ2v) is 7.90. The van der Waals surface area contributed by atoms with Crippen molar-refractivity contribution in [3.05, 3.63) is 24.0 Å². The van der Waals surface area contributed by atoms with Crippen LogP contribution in [-0.4, -0.2) is 51.3 Å². The summed E-state index contributed by atoms with van der Waals surface area (Å²) in [5.74, 6) is -0.687. The molecule has 0 aliphatic carbocycles. The first-order valence-electron chi connectivity index (χ1n) is 9.13. The van der Waals surface area contributed by atoms with Crippen LogP contribution >= 0.6 is 0 Å². The van der Waals surface area contributed by atoms with Crippen molar-refractivity contribution in [2.24, 2.45) is 0 Å². The van der Waals surface area contributed by atoms with Crippen LogP contribution in [0.4, 0.5) is 15.1 Å². The SMILES string of the molecule is CC(=O)O[C@@H]1CN(C(=O)OC(C)(C)C)CC[C@H]1n1c(N)nc2ccc(F)cc21. The second kappa shape index (κ2) is 7.29. The molecule has 2 aromatic rings. The summed E-state index contributed by atoms with van der Waals surface area (Å²) in [6.07, 6.45) is -0.692. The summed E-state index contributed by atoms with van der Waals surface area (Å²) in [6, 6.07) is 3.83. The van der Waals surface area contributed by atoms with E-state index in [1.54, 1.807) is 31.4 Å². The van der Waals surface area contributed by atoms with Crippen molar-refractivity contribution in [1.29, 1.82) is 0 Å². The van der Waals surface area contributed by atoms with E-state index in [9.17, 15) is 14.0 Å². The highest BCUT2D eigenvalue weighted by atomic mass is 19.1. The highest BCUT2D eigenvalue weighted by molar-refractivity contribution is 5.78. The number of nitrogens with two attached hydrogens (primary N) is 1. The molecule has 0 spiro atoms. The van der Waals surface area contributed by atoms with Crippen molar-refractivity contribution in [3.8, 4) is 0 Å². The van der Waals surface area contributed by atoms with Crippen LogP contribution in [0.2, 0.25) is 0 Å². The van der Waals surface area contributed by atoms with Gasteiger partial charge < -0.3 is 24.7 Å². The second-order valence-electron chi connectivity index (χ2n) is 7.90. The number of carbonyl (C=O) groups is 2. The van der Waals surface area contributed by atoms with Gasteiger partial charge in [-0.3, -0.25) is 4.79 Å². The Kier molecular flexibility index (Phi) is 5.18. The molecule has 0 unspecified atom stereocenters. The van der Waals surface area contributed by atoms with E-state index >= 15 is 0 Å². The van der Waals surface area contributed by atoms with Crippen molar-refractivity contribution < 1.29 is 23.5 Å². The highest BCUT2D eigenvalue weighted by Crippen LogP contribution is 2.32. The monoisotopic (exact) mass is 392 g/mol. The van der Waals surface area contributed by atoms with Crippen LogP contribution in [0.5, 0.6) is 0 Å². The van der Waals surface area contributed by atoms with Gasteiger partial charge in [-0.15, -0.1) is 0 Å². The van der Waals surface area contributed by atoms with E-state index in [0.717, 1.165) is 0 Å². The summed E-state index contributed by atoms with van der Waals surface area (Å²) in [4.78, 5) is 29.9. The Bertz CT molecular complexity index is 905. The molecule has 9 heteroatoms. The molecule has 8 nitrogen and oxygen atoms in total. The van der Waals surface area contributed by atoms with Crippen LogP contribution in [0.15, 0.2) is 18.2 Å². The van der Waals surface area contributed by atoms with Gasteiger partial charge in [-0.2, -0.15) is 0 Å². The lowest BCUT2D eigenvalue weighted by Gasteiger charge is -2.39. The summed E-state index contributed by atoms with van der Waals surface area (Å²) in [7, 11) is 0. The number of likely N-dealkylation sites (tertiary alicyclic amines) is 1. The van der Waals surface area contributed by atoms with Gasteiger partial charge in [-0.05, 0) is 45.4 Å². The number of amides is 1. The number of imidazole rings is 1. The van der Waals surface area contributed by atoms with Crippen molar-refractivity contribution in [2.75, 3.05) is 18.8 Å². The summed E-state index contributed by atoms with van der Waals surface area (Å²) in [6.45, 7) is 7.19. The number of halogens is 1. The number of ether oxygens (including phenoxy) is 2. The maximum atomic E-state index is 13.8. The van der Waals surface area contributed by atoms with Gasteiger partial charge >= 0.3 is 12.1 Å². The number of nitrogens with zero attached hydrogens (tertiary/aromatic N) is 3.